The number of amides is 1. The highest BCUT2D eigenvalue weighted by atomic mass is 32.2. The number of thioether (sulfide) groups is 1. The summed E-state index contributed by atoms with van der Waals surface area (Å²) in [6.07, 6.45) is 3.00. The Kier molecular flexibility index (Phi) is 5.08. The Bertz CT molecular complexity index is 706. The summed E-state index contributed by atoms with van der Waals surface area (Å²) >= 11 is 1.39. The van der Waals surface area contributed by atoms with Crippen molar-refractivity contribution in [3.8, 4) is 5.69 Å². The number of nitrogens with two attached hydrogens (primary N) is 1. The molecule has 1 aromatic carbocycles. The van der Waals surface area contributed by atoms with Gasteiger partial charge < -0.3 is 10.6 Å². The van der Waals surface area contributed by atoms with E-state index >= 15 is 0 Å². The number of primary amides is 1. The van der Waals surface area contributed by atoms with Gasteiger partial charge in [0, 0.05) is 13.1 Å². The van der Waals surface area contributed by atoms with Crippen LogP contribution in [0.15, 0.2) is 29.4 Å². The van der Waals surface area contributed by atoms with Gasteiger partial charge in [0.1, 0.15) is 0 Å². The molecule has 1 amide bonds. The summed E-state index contributed by atoms with van der Waals surface area (Å²) in [6.45, 7) is 5.99. The van der Waals surface area contributed by atoms with Crippen LogP contribution in [0.2, 0.25) is 0 Å². The molecule has 1 aliphatic heterocycles. The molecule has 0 aliphatic carbocycles. The molecule has 1 aliphatic rings. The lowest BCUT2D eigenvalue weighted by Crippen LogP contribution is -2.25. The van der Waals surface area contributed by atoms with Gasteiger partial charge >= 0.3 is 0 Å². The number of carbonyl (C=O) groups is 1. The molecule has 24 heavy (non-hydrogen) atoms. The summed E-state index contributed by atoms with van der Waals surface area (Å²) in [5.74, 6) is 0.529. The van der Waals surface area contributed by atoms with Gasteiger partial charge in [-0.25, -0.2) is 0 Å². The van der Waals surface area contributed by atoms with E-state index < -0.39 is 0 Å². The van der Waals surface area contributed by atoms with Crippen LogP contribution >= 0.6 is 11.8 Å². The Labute approximate surface area is 146 Å². The van der Waals surface area contributed by atoms with Gasteiger partial charge in [0.25, 0.3) is 0 Å². The molecule has 0 bridgehead atoms. The molecule has 7 heteroatoms. The summed E-state index contributed by atoms with van der Waals surface area (Å²) in [5.41, 5.74) is 7.71. The van der Waals surface area contributed by atoms with Crippen molar-refractivity contribution >= 4 is 23.6 Å². The van der Waals surface area contributed by atoms with Crippen molar-refractivity contribution in [3.63, 3.8) is 0 Å². The molecular formula is C17H23N5OS. The normalized spacial score (nSPS) is 15.7. The molecule has 0 spiro atoms. The zero-order chi connectivity index (χ0) is 17.1. The van der Waals surface area contributed by atoms with Crippen molar-refractivity contribution in [2.45, 2.75) is 43.5 Å². The van der Waals surface area contributed by atoms with Gasteiger partial charge in [0.15, 0.2) is 5.16 Å². The van der Waals surface area contributed by atoms with Gasteiger partial charge in [-0.2, -0.15) is 0 Å². The van der Waals surface area contributed by atoms with Crippen LogP contribution < -0.4 is 10.6 Å². The zero-order valence-electron chi connectivity index (χ0n) is 14.1. The first-order chi connectivity index (χ1) is 11.6. The van der Waals surface area contributed by atoms with Crippen LogP contribution in [0.4, 0.5) is 5.95 Å². The van der Waals surface area contributed by atoms with Crippen LogP contribution in [-0.2, 0) is 4.79 Å². The Morgan fingerprint density at radius 3 is 2.50 bits per heavy atom. The minimum Gasteiger partial charge on any atom is -0.369 e. The predicted molar refractivity (Wildman–Crippen MR) is 96.7 cm³/mol. The highest BCUT2D eigenvalue weighted by molar-refractivity contribution is 8.00. The molecule has 1 saturated heterocycles. The van der Waals surface area contributed by atoms with Crippen molar-refractivity contribution in [1.29, 1.82) is 0 Å². The molecule has 128 valence electrons. The monoisotopic (exact) mass is 345 g/mol. The van der Waals surface area contributed by atoms with E-state index in [0.717, 1.165) is 24.7 Å². The fourth-order valence-corrected chi connectivity index (χ4v) is 3.77. The molecule has 1 fully saturated rings. The number of nitrogens with zero attached hydrogens (tertiary/aromatic N) is 4. The predicted octanol–water partition coefficient (Wildman–Crippen LogP) is 2.53. The Morgan fingerprint density at radius 1 is 1.25 bits per heavy atom. The highest BCUT2D eigenvalue weighted by Gasteiger charge is 2.25. The number of hydrogen-bond donors (Lipinski definition) is 1. The van der Waals surface area contributed by atoms with Gasteiger partial charge in [-0.3, -0.25) is 9.36 Å². The topological polar surface area (TPSA) is 77.0 Å². The summed E-state index contributed by atoms with van der Waals surface area (Å²) in [4.78, 5) is 13.9. The molecule has 0 radical (unpaired) electrons. The van der Waals surface area contributed by atoms with Crippen LogP contribution in [0.3, 0.4) is 0 Å². The number of aryl methyl sites for hydroxylation is 1. The van der Waals surface area contributed by atoms with E-state index in [2.05, 4.69) is 46.3 Å². The second-order valence-electron chi connectivity index (χ2n) is 6.06. The lowest BCUT2D eigenvalue weighted by atomic mass is 10.2. The summed E-state index contributed by atoms with van der Waals surface area (Å²) in [5, 5.41) is 9.18. The largest absolute Gasteiger partial charge is 0.369 e. The van der Waals surface area contributed by atoms with E-state index in [4.69, 9.17) is 5.73 Å². The van der Waals surface area contributed by atoms with Crippen LogP contribution in [0.1, 0.15) is 31.7 Å². The zero-order valence-corrected chi connectivity index (χ0v) is 14.9. The van der Waals surface area contributed by atoms with Gasteiger partial charge in [-0.15, -0.1) is 10.2 Å². The number of rotatable bonds is 6. The van der Waals surface area contributed by atoms with Crippen molar-refractivity contribution in [3.05, 3.63) is 29.8 Å². The Hall–Kier alpha value is -2.02. The highest BCUT2D eigenvalue weighted by Crippen LogP contribution is 2.31. The van der Waals surface area contributed by atoms with Gasteiger partial charge in [0.2, 0.25) is 11.9 Å². The average Bonchev–Trinajstić information content (AvgIpc) is 3.22. The van der Waals surface area contributed by atoms with Crippen molar-refractivity contribution in [1.82, 2.24) is 14.8 Å². The van der Waals surface area contributed by atoms with Gasteiger partial charge in [-0.1, -0.05) is 36.4 Å². The number of hydrogen-bond acceptors (Lipinski definition) is 5. The van der Waals surface area contributed by atoms with E-state index in [1.807, 2.05) is 11.5 Å². The SMILES string of the molecule is CC[C@@H](Sc1nnc(N2CCCC2)n1-c1ccc(C)cc1)C(N)=O. The molecule has 2 N–H and O–H groups in total. The third-order valence-corrected chi connectivity index (χ3v) is 5.56. The van der Waals surface area contributed by atoms with Crippen molar-refractivity contribution in [2.75, 3.05) is 18.0 Å². The minimum atomic E-state index is -0.316. The Balaban J connectivity index is 2.02. The lowest BCUT2D eigenvalue weighted by Gasteiger charge is -2.19. The summed E-state index contributed by atoms with van der Waals surface area (Å²) in [6, 6.07) is 8.27. The molecule has 1 atom stereocenters. The Morgan fingerprint density at radius 2 is 1.92 bits per heavy atom. The standard InChI is InChI=1S/C17H23N5OS/c1-3-14(15(18)23)24-17-20-19-16(21-10-4-5-11-21)22(17)13-8-6-12(2)7-9-13/h6-9,14H,3-5,10-11H2,1-2H3,(H2,18,23)/t14-/m1/s1. The maximum Gasteiger partial charge on any atom is 0.232 e. The van der Waals surface area contributed by atoms with Gasteiger partial charge in [-0.05, 0) is 38.3 Å². The second-order valence-corrected chi connectivity index (χ2v) is 7.23. The van der Waals surface area contributed by atoms with Crippen molar-refractivity contribution in [2.24, 2.45) is 5.73 Å². The van der Waals surface area contributed by atoms with E-state index in [9.17, 15) is 4.79 Å². The van der Waals surface area contributed by atoms with Crippen molar-refractivity contribution < 1.29 is 4.79 Å². The van der Waals surface area contributed by atoms with E-state index in [-0.39, 0.29) is 11.2 Å². The van der Waals surface area contributed by atoms with Crippen LogP contribution in [0.25, 0.3) is 5.69 Å². The molecule has 3 rings (SSSR count). The molecule has 0 unspecified atom stereocenters. The molecule has 6 nitrogen and oxygen atoms in total. The van der Waals surface area contributed by atoms with Crippen LogP contribution in [0, 0.1) is 6.92 Å². The van der Waals surface area contributed by atoms with Gasteiger partial charge in [0.05, 0.1) is 10.9 Å². The first kappa shape index (κ1) is 16.8. The number of aromatic nitrogens is 3. The minimum absolute atomic E-state index is 0.301. The maximum absolute atomic E-state index is 11.6. The second kappa shape index (κ2) is 7.25. The average molecular weight is 345 g/mol. The third kappa shape index (κ3) is 3.40. The molecule has 1 aromatic heterocycles. The van der Waals surface area contributed by atoms with E-state index in [0.29, 0.717) is 11.6 Å². The maximum atomic E-state index is 11.6. The molecular weight excluding hydrogens is 322 g/mol. The van der Waals surface area contributed by atoms with Crippen LogP contribution in [-0.4, -0.2) is 39.0 Å². The fourth-order valence-electron chi connectivity index (χ4n) is 2.85. The number of benzene rings is 1. The molecule has 0 saturated carbocycles. The third-order valence-electron chi connectivity index (χ3n) is 4.23. The fraction of sp³-hybridized carbons (Fsp3) is 0.471. The molecule has 2 aromatic rings. The van der Waals surface area contributed by atoms with E-state index in [1.165, 1.54) is 30.2 Å². The first-order valence-electron chi connectivity index (χ1n) is 8.33. The number of anilines is 1. The number of carbonyl (C=O) groups excluding carboxylic acids is 1. The smallest absolute Gasteiger partial charge is 0.232 e. The van der Waals surface area contributed by atoms with E-state index in [1.54, 1.807) is 0 Å². The molecule has 2 heterocycles. The van der Waals surface area contributed by atoms with Crippen LogP contribution in [0.5, 0.6) is 0 Å². The first-order valence-corrected chi connectivity index (χ1v) is 9.21. The quantitative estimate of drug-likeness (QED) is 0.814. The summed E-state index contributed by atoms with van der Waals surface area (Å²) < 4.78 is 2.04. The lowest BCUT2D eigenvalue weighted by molar-refractivity contribution is -0.117. The summed E-state index contributed by atoms with van der Waals surface area (Å²) in [7, 11) is 0.